The van der Waals surface area contributed by atoms with Gasteiger partial charge in [-0.3, -0.25) is 19.1 Å². The Morgan fingerprint density at radius 2 is 2.05 bits per heavy atom. The van der Waals surface area contributed by atoms with Gasteiger partial charge in [-0.15, -0.1) is 11.3 Å². The number of carbonyl (C=O) groups excluding carboxylic acids is 1. The molecule has 1 aliphatic rings. The molecule has 13 heteroatoms. The van der Waals surface area contributed by atoms with Crippen molar-refractivity contribution >= 4 is 34.7 Å². The van der Waals surface area contributed by atoms with Crippen molar-refractivity contribution in [1.29, 1.82) is 5.26 Å². The van der Waals surface area contributed by atoms with Gasteiger partial charge in [-0.2, -0.15) is 18.4 Å². The Labute approximate surface area is 215 Å². The summed E-state index contributed by atoms with van der Waals surface area (Å²) < 4.78 is 50.1. The van der Waals surface area contributed by atoms with Gasteiger partial charge in [0, 0.05) is 44.1 Å². The Bertz CT molecular complexity index is 1320. The smallest absolute Gasteiger partial charge is 0.405 e. The summed E-state index contributed by atoms with van der Waals surface area (Å²) in [6.07, 6.45) is -3.19. The Morgan fingerprint density at radius 3 is 2.70 bits per heavy atom. The molecule has 1 aliphatic heterocycles. The third kappa shape index (κ3) is 7.82. The maximum Gasteiger partial charge on any atom is 0.405 e. The third-order valence-corrected chi connectivity index (χ3v) is 6.68. The second-order valence-electron chi connectivity index (χ2n) is 8.18. The van der Waals surface area contributed by atoms with Crippen LogP contribution in [0.3, 0.4) is 0 Å². The third-order valence-electron chi connectivity index (χ3n) is 5.55. The number of morpholine rings is 1. The number of ether oxygens (including phenoxy) is 2. The van der Waals surface area contributed by atoms with Crippen LogP contribution < -0.4 is 30.1 Å². The van der Waals surface area contributed by atoms with E-state index < -0.39 is 29.8 Å². The number of alkyl halides is 3. The summed E-state index contributed by atoms with van der Waals surface area (Å²) in [5, 5.41) is 14.1. The first-order valence-corrected chi connectivity index (χ1v) is 12.4. The Balaban J connectivity index is 1.80. The molecule has 0 bridgehead atoms. The lowest BCUT2D eigenvalue weighted by atomic mass is 10.2. The van der Waals surface area contributed by atoms with Gasteiger partial charge in [-0.1, -0.05) is 6.07 Å². The molecule has 3 rings (SSSR count). The van der Waals surface area contributed by atoms with Crippen LogP contribution in [0.15, 0.2) is 23.0 Å². The molecule has 1 aromatic carbocycles. The van der Waals surface area contributed by atoms with E-state index in [9.17, 15) is 28.0 Å². The number of nitrogens with one attached hydrogen (secondary N) is 2. The van der Waals surface area contributed by atoms with Crippen LogP contribution in [0.25, 0.3) is 11.8 Å². The highest BCUT2D eigenvalue weighted by atomic mass is 32.1. The van der Waals surface area contributed by atoms with Gasteiger partial charge in [0.25, 0.3) is 11.5 Å². The number of nitrogens with zero attached hydrogens (tertiary/aromatic N) is 3. The van der Waals surface area contributed by atoms with Gasteiger partial charge < -0.3 is 20.1 Å². The molecule has 2 aromatic rings. The number of amides is 1. The maximum atomic E-state index is 12.8. The van der Waals surface area contributed by atoms with Crippen molar-refractivity contribution in [1.82, 2.24) is 14.8 Å². The molecule has 2 heterocycles. The average molecular weight is 540 g/mol. The summed E-state index contributed by atoms with van der Waals surface area (Å²) in [5.74, 6) is -0.508. The molecule has 37 heavy (non-hydrogen) atoms. The molecular weight excluding hydrogens is 511 g/mol. The molecule has 0 atom stereocenters. The SMILES string of the molecule is CCn1c(=C(C#N)C(=O)NCC(F)(F)F)sc(=CNc2ccc(C)c(OCCN3CCOCC3)c2)c1=O. The van der Waals surface area contributed by atoms with E-state index in [1.54, 1.807) is 24.4 Å². The van der Waals surface area contributed by atoms with Gasteiger partial charge in [-0.05, 0) is 25.5 Å². The summed E-state index contributed by atoms with van der Waals surface area (Å²) in [6.45, 7) is 6.55. The van der Waals surface area contributed by atoms with E-state index in [1.807, 2.05) is 19.1 Å². The quantitative estimate of drug-likeness (QED) is 0.492. The van der Waals surface area contributed by atoms with Gasteiger partial charge in [0.2, 0.25) is 0 Å². The zero-order valence-electron chi connectivity index (χ0n) is 20.5. The van der Waals surface area contributed by atoms with E-state index in [2.05, 4.69) is 10.2 Å². The normalized spacial score (nSPS) is 15.7. The van der Waals surface area contributed by atoms with Gasteiger partial charge in [0.15, 0.2) is 5.57 Å². The number of thiazole rings is 1. The fourth-order valence-corrected chi connectivity index (χ4v) is 4.65. The van der Waals surface area contributed by atoms with E-state index in [4.69, 9.17) is 9.47 Å². The second kappa shape index (κ2) is 12.8. The molecule has 0 saturated carbocycles. The van der Waals surface area contributed by atoms with Crippen LogP contribution in [0, 0.1) is 18.3 Å². The molecule has 0 radical (unpaired) electrons. The average Bonchev–Trinajstić information content (AvgIpc) is 3.18. The molecule has 1 aromatic heterocycles. The van der Waals surface area contributed by atoms with Crippen LogP contribution in [0.2, 0.25) is 0 Å². The highest BCUT2D eigenvalue weighted by Gasteiger charge is 2.29. The maximum absolute atomic E-state index is 12.8. The number of halogens is 3. The van der Waals surface area contributed by atoms with Crippen molar-refractivity contribution in [3.63, 3.8) is 0 Å². The molecule has 1 amide bonds. The van der Waals surface area contributed by atoms with Crippen molar-refractivity contribution in [2.45, 2.75) is 26.6 Å². The minimum absolute atomic E-state index is 0.0150. The van der Waals surface area contributed by atoms with Crippen molar-refractivity contribution in [2.75, 3.05) is 51.3 Å². The van der Waals surface area contributed by atoms with Crippen LogP contribution in [0.5, 0.6) is 5.75 Å². The number of aryl methyl sites for hydroxylation is 1. The first kappa shape index (κ1) is 28.2. The predicted octanol–water partition coefficient (Wildman–Crippen LogP) is 1.15. The van der Waals surface area contributed by atoms with Crippen molar-refractivity contribution in [3.8, 4) is 11.8 Å². The lowest BCUT2D eigenvalue weighted by molar-refractivity contribution is -0.135. The Morgan fingerprint density at radius 1 is 1.32 bits per heavy atom. The summed E-state index contributed by atoms with van der Waals surface area (Å²) in [6, 6.07) is 7.11. The summed E-state index contributed by atoms with van der Waals surface area (Å²) in [7, 11) is 0. The number of nitriles is 1. The lowest BCUT2D eigenvalue weighted by Crippen LogP contribution is -2.38. The number of aromatic nitrogens is 1. The first-order chi connectivity index (χ1) is 17.6. The molecule has 2 N–H and O–H groups in total. The topological polar surface area (TPSA) is 109 Å². The van der Waals surface area contributed by atoms with E-state index >= 15 is 0 Å². The molecular formula is C24H28F3N5O4S. The number of benzene rings is 1. The minimum Gasteiger partial charge on any atom is -0.492 e. The van der Waals surface area contributed by atoms with Gasteiger partial charge in [0.05, 0.1) is 13.2 Å². The molecule has 0 spiro atoms. The monoisotopic (exact) mass is 539 g/mol. The lowest BCUT2D eigenvalue weighted by Gasteiger charge is -2.26. The van der Waals surface area contributed by atoms with Crippen LogP contribution in [-0.4, -0.2) is 67.6 Å². The fraction of sp³-hybridized carbons (Fsp3) is 0.458. The van der Waals surface area contributed by atoms with Crippen molar-refractivity contribution < 1.29 is 27.4 Å². The number of hydrogen-bond acceptors (Lipinski definition) is 8. The van der Waals surface area contributed by atoms with Gasteiger partial charge in [-0.25, -0.2) is 0 Å². The van der Waals surface area contributed by atoms with Gasteiger partial charge >= 0.3 is 6.18 Å². The fourth-order valence-electron chi connectivity index (χ4n) is 3.56. The molecule has 1 fully saturated rings. The largest absolute Gasteiger partial charge is 0.492 e. The standard InChI is InChI=1S/C24H28F3N5O4S/c1-3-32-22(34)20(37-23(32)18(13-28)21(33)30-15-24(25,26)27)14-29-17-5-4-16(2)19(12-17)36-11-8-31-6-9-35-10-7-31/h4-5,12,14,29H,3,6-11,15H2,1-2H3,(H,30,33). The van der Waals surface area contributed by atoms with Crippen LogP contribution >= 0.6 is 11.3 Å². The highest BCUT2D eigenvalue weighted by Crippen LogP contribution is 2.22. The number of hydrogen-bond donors (Lipinski definition) is 2. The minimum atomic E-state index is -4.63. The summed E-state index contributed by atoms with van der Waals surface area (Å²) >= 11 is 0.845. The molecule has 200 valence electrons. The van der Waals surface area contributed by atoms with E-state index in [1.165, 1.54) is 10.8 Å². The zero-order valence-corrected chi connectivity index (χ0v) is 21.3. The molecule has 0 aliphatic carbocycles. The summed E-state index contributed by atoms with van der Waals surface area (Å²) in [5.41, 5.74) is 0.564. The van der Waals surface area contributed by atoms with Crippen LogP contribution in [-0.2, 0) is 16.1 Å². The molecule has 9 nitrogen and oxygen atoms in total. The summed E-state index contributed by atoms with van der Waals surface area (Å²) in [4.78, 5) is 27.3. The predicted molar refractivity (Wildman–Crippen MR) is 134 cm³/mol. The van der Waals surface area contributed by atoms with E-state index in [-0.39, 0.29) is 15.7 Å². The van der Waals surface area contributed by atoms with Crippen LogP contribution in [0.1, 0.15) is 12.5 Å². The Hall–Kier alpha value is -3.34. The van der Waals surface area contributed by atoms with E-state index in [0.29, 0.717) is 31.3 Å². The van der Waals surface area contributed by atoms with Crippen LogP contribution in [0.4, 0.5) is 18.9 Å². The first-order valence-electron chi connectivity index (χ1n) is 11.6. The molecule has 1 saturated heterocycles. The van der Waals surface area contributed by atoms with Gasteiger partial charge in [0.1, 0.15) is 34.2 Å². The van der Waals surface area contributed by atoms with Crippen molar-refractivity contribution in [3.05, 3.63) is 43.3 Å². The highest BCUT2D eigenvalue weighted by molar-refractivity contribution is 7.07. The van der Waals surface area contributed by atoms with Crippen molar-refractivity contribution in [2.24, 2.45) is 0 Å². The number of anilines is 1. The van der Waals surface area contributed by atoms with E-state index in [0.717, 1.165) is 36.5 Å². The number of carbonyl (C=O) groups is 1. The second-order valence-corrected chi connectivity index (χ2v) is 9.21. The molecule has 0 unspecified atom stereocenters. The Kier molecular flexibility index (Phi) is 9.73. The zero-order chi connectivity index (χ0) is 27.0. The number of rotatable bonds is 9.